The zero-order valence-electron chi connectivity index (χ0n) is 42.4. The van der Waals surface area contributed by atoms with E-state index in [0.29, 0.717) is 68.0 Å². The van der Waals surface area contributed by atoms with Crippen molar-refractivity contribution in [2.45, 2.75) is 106 Å². The van der Waals surface area contributed by atoms with Crippen LogP contribution in [-0.2, 0) is 19.1 Å². The van der Waals surface area contributed by atoms with Crippen LogP contribution in [0.15, 0.2) is 81.8 Å². The Labute approximate surface area is 413 Å². The minimum Gasteiger partial charge on any atom is -0.457 e. The van der Waals surface area contributed by atoms with Crippen LogP contribution < -0.4 is 15.4 Å². The molecule has 0 unspecified atom stereocenters. The van der Waals surface area contributed by atoms with Crippen LogP contribution in [0.25, 0.3) is 22.3 Å². The second-order valence-corrected chi connectivity index (χ2v) is 18.7. The number of nitrogens with zero attached hydrogens (tertiary/aromatic N) is 6. The molecule has 0 saturated heterocycles. The Morgan fingerprint density at radius 2 is 0.901 bits per heavy atom. The number of aryl methyl sites for hydroxylation is 4. The molecule has 71 heavy (non-hydrogen) atoms. The minimum absolute atomic E-state index is 0.242. The Hall–Kier alpha value is -8.44. The van der Waals surface area contributed by atoms with Gasteiger partial charge in [0.2, 0.25) is 11.8 Å². The molecule has 2 aromatic carbocycles. The second-order valence-electron chi connectivity index (χ2n) is 18.7. The third-order valence-electron chi connectivity index (χ3n) is 10.8. The lowest BCUT2D eigenvalue weighted by Gasteiger charge is -2.28. The first-order chi connectivity index (χ1) is 33.4. The summed E-state index contributed by atoms with van der Waals surface area (Å²) in [6.07, 6.45) is -1.26. The fraction of sp³-hybridized carbons (Fsp3) is 0.333. The molecular formula is C54H58N8O9. The smallest absolute Gasteiger partial charge is 0.410 e. The maximum atomic E-state index is 13.3. The number of benzene rings is 2. The average molecular weight is 963 g/mol. The number of likely N-dealkylation sites (N-methyl/N-ethyl adjacent to an activating group) is 2. The van der Waals surface area contributed by atoms with Crippen LogP contribution in [0.3, 0.4) is 0 Å². The molecule has 0 radical (unpaired) electrons. The van der Waals surface area contributed by atoms with E-state index in [1.54, 1.807) is 118 Å². The molecule has 0 bridgehead atoms. The number of anilines is 2. The van der Waals surface area contributed by atoms with Gasteiger partial charge in [-0.2, -0.15) is 0 Å². The summed E-state index contributed by atoms with van der Waals surface area (Å²) < 4.78 is 27.9. The number of carbonyl (C=O) groups excluding carboxylic acids is 4. The first kappa shape index (κ1) is 51.9. The van der Waals surface area contributed by atoms with Gasteiger partial charge in [-0.15, -0.1) is 0 Å². The molecule has 0 aliphatic carbocycles. The molecular weight excluding hydrogens is 905 g/mol. The predicted molar refractivity (Wildman–Crippen MR) is 268 cm³/mol. The van der Waals surface area contributed by atoms with Gasteiger partial charge < -0.3 is 33.9 Å². The Bertz CT molecular complexity index is 2840. The largest absolute Gasteiger partial charge is 0.457 e. The van der Waals surface area contributed by atoms with E-state index >= 15 is 0 Å². The van der Waals surface area contributed by atoms with Gasteiger partial charge in [0.25, 0.3) is 0 Å². The Morgan fingerprint density at radius 3 is 1.21 bits per heavy atom. The second kappa shape index (κ2) is 21.5. The number of rotatable bonds is 10. The normalized spacial score (nSPS) is 12.0. The van der Waals surface area contributed by atoms with Crippen LogP contribution in [-0.4, -0.2) is 91.5 Å². The molecule has 368 valence electrons. The first-order valence-electron chi connectivity index (χ1n) is 22.7. The van der Waals surface area contributed by atoms with Gasteiger partial charge in [-0.3, -0.25) is 19.4 Å². The molecule has 17 heteroatoms. The van der Waals surface area contributed by atoms with Crippen molar-refractivity contribution in [1.29, 1.82) is 0 Å². The van der Waals surface area contributed by atoms with Crippen molar-refractivity contribution in [3.05, 3.63) is 118 Å². The zero-order valence-corrected chi connectivity index (χ0v) is 42.4. The van der Waals surface area contributed by atoms with Crippen LogP contribution in [0.1, 0.15) is 101 Å². The van der Waals surface area contributed by atoms with Gasteiger partial charge in [-0.1, -0.05) is 22.2 Å². The van der Waals surface area contributed by atoms with Gasteiger partial charge in [0.15, 0.2) is 0 Å². The molecule has 0 aliphatic rings. The standard InChI is InChI=1S/C54H58N8O9/c1-31-47(35(5)70-59-31)41-25-29-45(57-49(63)33(3)61(13)51(65)68-53(7,8)9)55-43(41)27-19-37-15-21-39(22-16-37)67-40-23-17-38(18-24-40)20-28-44-42(48-32(2)60-71-36(48)6)26-30-46(56-44)58-50(64)34(4)62(14)52(66)69-54(10,11)12/h15-18,21-26,29-30,33-34H,1-14H3,(H,55,57,63)(H,56,58,64)/t33-,34-/m0/s1. The molecule has 0 spiro atoms. The third-order valence-corrected chi connectivity index (χ3v) is 10.8. The van der Waals surface area contributed by atoms with E-state index in [1.165, 1.54) is 23.9 Å². The molecule has 0 saturated carbocycles. The molecule has 2 atom stereocenters. The van der Waals surface area contributed by atoms with E-state index < -0.39 is 47.3 Å². The van der Waals surface area contributed by atoms with Crippen molar-refractivity contribution in [3.63, 3.8) is 0 Å². The van der Waals surface area contributed by atoms with E-state index in [2.05, 4.69) is 44.6 Å². The summed E-state index contributed by atoms with van der Waals surface area (Å²) in [6.45, 7) is 21.0. The number of nitrogens with one attached hydrogen (secondary N) is 2. The van der Waals surface area contributed by atoms with Crippen molar-refractivity contribution in [1.82, 2.24) is 30.1 Å². The molecule has 0 aliphatic heterocycles. The first-order valence-corrected chi connectivity index (χ1v) is 22.7. The van der Waals surface area contributed by atoms with Crippen LogP contribution in [0.2, 0.25) is 0 Å². The van der Waals surface area contributed by atoms with Gasteiger partial charge >= 0.3 is 12.2 Å². The summed E-state index contributed by atoms with van der Waals surface area (Å²) >= 11 is 0. The summed E-state index contributed by atoms with van der Waals surface area (Å²) in [6, 6.07) is 19.6. The summed E-state index contributed by atoms with van der Waals surface area (Å²) in [5, 5.41) is 13.8. The minimum atomic E-state index is -0.863. The molecule has 6 rings (SSSR count). The summed E-state index contributed by atoms with van der Waals surface area (Å²) in [5.41, 5.74) is 4.78. The van der Waals surface area contributed by atoms with Gasteiger partial charge in [0.1, 0.15) is 69.3 Å². The van der Waals surface area contributed by atoms with E-state index in [4.69, 9.17) is 33.2 Å². The maximum Gasteiger partial charge on any atom is 0.410 e. The van der Waals surface area contributed by atoms with E-state index in [1.807, 2.05) is 38.1 Å². The van der Waals surface area contributed by atoms with E-state index in [-0.39, 0.29) is 11.6 Å². The van der Waals surface area contributed by atoms with Crippen LogP contribution in [0, 0.1) is 51.4 Å². The molecule has 6 aromatic rings. The summed E-state index contributed by atoms with van der Waals surface area (Å²) in [7, 11) is 2.99. The lowest BCUT2D eigenvalue weighted by molar-refractivity contribution is -0.121. The van der Waals surface area contributed by atoms with Crippen molar-refractivity contribution < 1.29 is 42.4 Å². The van der Waals surface area contributed by atoms with Gasteiger partial charge in [0, 0.05) is 36.3 Å². The summed E-state index contributed by atoms with van der Waals surface area (Å²) in [5.74, 6) is 14.5. The summed E-state index contributed by atoms with van der Waals surface area (Å²) in [4.78, 5) is 63.6. The molecule has 4 aromatic heterocycles. The number of carbonyl (C=O) groups is 4. The van der Waals surface area contributed by atoms with E-state index in [9.17, 15) is 19.2 Å². The van der Waals surface area contributed by atoms with Gasteiger partial charge in [-0.05, 0) is 168 Å². The van der Waals surface area contributed by atoms with E-state index in [0.717, 1.165) is 11.1 Å². The van der Waals surface area contributed by atoms with Crippen molar-refractivity contribution in [2.24, 2.45) is 0 Å². The number of amides is 4. The SMILES string of the molecule is Cc1noc(C)c1-c1ccc(NC(=O)[C@H](C)N(C)C(=O)OC(C)(C)C)nc1C#Cc1ccc(Oc2ccc(C#Cc3nc(NC(=O)[C@H](C)N(C)C(=O)OC(C)(C)C)ccc3-c3c(C)noc3C)cc2)cc1. The highest BCUT2D eigenvalue weighted by atomic mass is 16.6. The highest BCUT2D eigenvalue weighted by Crippen LogP contribution is 2.32. The van der Waals surface area contributed by atoms with Crippen LogP contribution in [0.4, 0.5) is 21.2 Å². The molecule has 2 N–H and O–H groups in total. The Balaban J connectivity index is 1.17. The lowest BCUT2D eigenvalue weighted by Crippen LogP contribution is -2.45. The zero-order chi connectivity index (χ0) is 51.9. The highest BCUT2D eigenvalue weighted by Gasteiger charge is 2.29. The molecule has 0 fully saturated rings. The fourth-order valence-corrected chi connectivity index (χ4v) is 6.80. The number of hydrogen-bond acceptors (Lipinski definition) is 13. The van der Waals surface area contributed by atoms with Crippen molar-refractivity contribution in [2.75, 3.05) is 24.7 Å². The van der Waals surface area contributed by atoms with Crippen molar-refractivity contribution >= 4 is 35.6 Å². The number of pyridine rings is 2. The van der Waals surface area contributed by atoms with Gasteiger partial charge in [0.05, 0.1) is 22.5 Å². The van der Waals surface area contributed by atoms with Crippen LogP contribution in [0.5, 0.6) is 11.5 Å². The number of ether oxygens (including phenoxy) is 3. The maximum absolute atomic E-state index is 13.3. The quantitative estimate of drug-likeness (QED) is 0.123. The van der Waals surface area contributed by atoms with Crippen molar-refractivity contribution in [3.8, 4) is 57.4 Å². The lowest BCUT2D eigenvalue weighted by atomic mass is 10.0. The number of hydrogen-bond donors (Lipinski definition) is 2. The molecule has 4 amide bonds. The fourth-order valence-electron chi connectivity index (χ4n) is 6.80. The Kier molecular flexibility index (Phi) is 15.7. The predicted octanol–water partition coefficient (Wildman–Crippen LogP) is 10.00. The van der Waals surface area contributed by atoms with Gasteiger partial charge in [-0.25, -0.2) is 19.6 Å². The topological polar surface area (TPSA) is 204 Å². The monoisotopic (exact) mass is 962 g/mol. The molecule has 17 nitrogen and oxygen atoms in total. The Morgan fingerprint density at radius 1 is 0.549 bits per heavy atom. The average Bonchev–Trinajstić information content (AvgIpc) is 3.83. The molecule has 4 heterocycles. The number of aromatic nitrogens is 4. The van der Waals surface area contributed by atoms with Crippen LogP contribution >= 0.6 is 0 Å². The third kappa shape index (κ3) is 13.4. The highest BCUT2D eigenvalue weighted by molar-refractivity contribution is 5.96.